The van der Waals surface area contributed by atoms with Crippen LogP contribution >= 0.6 is 11.6 Å². The summed E-state index contributed by atoms with van der Waals surface area (Å²) in [5.74, 6) is 0.433. The van der Waals surface area contributed by atoms with Crippen LogP contribution in [0.25, 0.3) is 0 Å². The van der Waals surface area contributed by atoms with Crippen LogP contribution in [-0.4, -0.2) is 15.8 Å². The van der Waals surface area contributed by atoms with Gasteiger partial charge in [-0.15, -0.1) is 0 Å². The predicted octanol–water partition coefficient (Wildman–Crippen LogP) is 2.30. The summed E-state index contributed by atoms with van der Waals surface area (Å²) in [5, 5.41) is 5.08. The van der Waals surface area contributed by atoms with Crippen LogP contribution in [0.5, 0.6) is 0 Å². The van der Waals surface area contributed by atoms with Crippen molar-refractivity contribution < 1.29 is 0 Å². The lowest BCUT2D eigenvalue weighted by atomic mass is 9.95. The highest BCUT2D eigenvalue weighted by Gasteiger charge is 2.17. The van der Waals surface area contributed by atoms with Gasteiger partial charge >= 0.3 is 0 Å². The first-order chi connectivity index (χ1) is 6.97. The first-order valence-electron chi connectivity index (χ1n) is 5.40. The molecule has 0 radical (unpaired) electrons. The van der Waals surface area contributed by atoms with Crippen molar-refractivity contribution in [2.45, 2.75) is 39.7 Å². The average molecular weight is 230 g/mol. The van der Waals surface area contributed by atoms with Crippen LogP contribution in [-0.2, 0) is 13.5 Å². The van der Waals surface area contributed by atoms with Crippen LogP contribution in [0.2, 0.25) is 5.02 Å². The molecule has 0 aliphatic rings. The summed E-state index contributed by atoms with van der Waals surface area (Å²) in [6.45, 7) is 6.19. The fourth-order valence-electron chi connectivity index (χ4n) is 1.76. The normalized spacial score (nSPS) is 15.3. The molecule has 1 heterocycles. The minimum Gasteiger partial charge on any atom is -0.327 e. The number of rotatable bonds is 4. The molecule has 0 bridgehead atoms. The first kappa shape index (κ1) is 12.5. The summed E-state index contributed by atoms with van der Waals surface area (Å²) < 4.78 is 1.86. The van der Waals surface area contributed by atoms with Gasteiger partial charge in [0.05, 0.1) is 16.4 Å². The standard InChI is InChI=1S/C11H20ClN3/c1-5-9(13)7(2)6-10-11(12)8(3)14-15(10)4/h7,9H,5-6,13H2,1-4H3. The van der Waals surface area contributed by atoms with E-state index in [1.807, 2.05) is 18.7 Å². The maximum Gasteiger partial charge on any atom is 0.0847 e. The Morgan fingerprint density at radius 2 is 2.13 bits per heavy atom. The highest BCUT2D eigenvalue weighted by Crippen LogP contribution is 2.23. The smallest absolute Gasteiger partial charge is 0.0847 e. The number of halogens is 1. The number of nitrogens with zero attached hydrogens (tertiary/aromatic N) is 2. The van der Waals surface area contributed by atoms with E-state index in [0.29, 0.717) is 5.92 Å². The Kier molecular flexibility index (Phi) is 4.17. The SMILES string of the molecule is CCC(N)C(C)Cc1c(Cl)c(C)nn1C. The summed E-state index contributed by atoms with van der Waals surface area (Å²) in [5.41, 5.74) is 7.98. The van der Waals surface area contributed by atoms with E-state index in [1.54, 1.807) is 0 Å². The Balaban J connectivity index is 2.80. The summed E-state index contributed by atoms with van der Waals surface area (Å²) in [7, 11) is 1.93. The van der Waals surface area contributed by atoms with Crippen molar-refractivity contribution in [3.05, 3.63) is 16.4 Å². The highest BCUT2D eigenvalue weighted by molar-refractivity contribution is 6.31. The van der Waals surface area contributed by atoms with Gasteiger partial charge in [-0.1, -0.05) is 25.4 Å². The van der Waals surface area contributed by atoms with Gasteiger partial charge in [-0.2, -0.15) is 5.10 Å². The molecule has 1 aromatic heterocycles. The topological polar surface area (TPSA) is 43.8 Å². The van der Waals surface area contributed by atoms with Gasteiger partial charge in [-0.3, -0.25) is 4.68 Å². The lowest BCUT2D eigenvalue weighted by Crippen LogP contribution is -2.29. The van der Waals surface area contributed by atoms with E-state index in [4.69, 9.17) is 17.3 Å². The van der Waals surface area contributed by atoms with Crippen molar-refractivity contribution in [2.75, 3.05) is 0 Å². The Morgan fingerprint density at radius 1 is 1.53 bits per heavy atom. The quantitative estimate of drug-likeness (QED) is 0.861. The third-order valence-corrected chi connectivity index (χ3v) is 3.47. The zero-order valence-electron chi connectivity index (χ0n) is 9.92. The second-order valence-electron chi connectivity index (χ2n) is 4.22. The van der Waals surface area contributed by atoms with Crippen molar-refractivity contribution in [3.8, 4) is 0 Å². The zero-order chi connectivity index (χ0) is 11.6. The van der Waals surface area contributed by atoms with E-state index >= 15 is 0 Å². The summed E-state index contributed by atoms with van der Waals surface area (Å²) in [6, 6.07) is 0.233. The van der Waals surface area contributed by atoms with Crippen LogP contribution in [0.3, 0.4) is 0 Å². The Hall–Kier alpha value is -0.540. The van der Waals surface area contributed by atoms with Gasteiger partial charge in [0.15, 0.2) is 0 Å². The molecule has 2 N–H and O–H groups in total. The third kappa shape index (κ3) is 2.73. The van der Waals surface area contributed by atoms with Gasteiger partial charge in [-0.05, 0) is 25.7 Å². The summed E-state index contributed by atoms with van der Waals surface area (Å²) >= 11 is 6.18. The highest BCUT2D eigenvalue weighted by atomic mass is 35.5. The second-order valence-corrected chi connectivity index (χ2v) is 4.60. The summed E-state index contributed by atoms with van der Waals surface area (Å²) in [6.07, 6.45) is 1.89. The predicted molar refractivity (Wildman–Crippen MR) is 64.1 cm³/mol. The molecule has 4 heteroatoms. The third-order valence-electron chi connectivity index (χ3n) is 2.98. The summed E-state index contributed by atoms with van der Waals surface area (Å²) in [4.78, 5) is 0. The Morgan fingerprint density at radius 3 is 2.53 bits per heavy atom. The van der Waals surface area contributed by atoms with E-state index in [0.717, 1.165) is 29.3 Å². The molecule has 0 aliphatic carbocycles. The monoisotopic (exact) mass is 229 g/mol. The molecule has 15 heavy (non-hydrogen) atoms. The average Bonchev–Trinajstić information content (AvgIpc) is 2.43. The molecule has 2 atom stereocenters. The van der Waals surface area contributed by atoms with E-state index < -0.39 is 0 Å². The molecule has 3 nitrogen and oxygen atoms in total. The Labute approximate surface area is 96.6 Å². The Bertz CT molecular complexity index is 333. The largest absolute Gasteiger partial charge is 0.327 e. The van der Waals surface area contributed by atoms with E-state index in [2.05, 4.69) is 18.9 Å². The zero-order valence-corrected chi connectivity index (χ0v) is 10.7. The molecule has 1 rings (SSSR count). The van der Waals surface area contributed by atoms with Crippen LogP contribution in [0.1, 0.15) is 31.7 Å². The second kappa shape index (κ2) is 4.99. The molecule has 0 saturated carbocycles. The lowest BCUT2D eigenvalue weighted by molar-refractivity contribution is 0.431. The minimum absolute atomic E-state index is 0.233. The van der Waals surface area contributed by atoms with Crippen molar-refractivity contribution in [2.24, 2.45) is 18.7 Å². The molecule has 0 saturated heterocycles. The molecule has 0 fully saturated rings. The van der Waals surface area contributed by atoms with Crippen LogP contribution in [0.4, 0.5) is 0 Å². The van der Waals surface area contributed by atoms with Gasteiger partial charge in [0.1, 0.15) is 0 Å². The molecule has 2 unspecified atom stereocenters. The number of hydrogen-bond acceptors (Lipinski definition) is 2. The van der Waals surface area contributed by atoms with Gasteiger partial charge in [-0.25, -0.2) is 0 Å². The first-order valence-corrected chi connectivity index (χ1v) is 5.78. The number of nitrogens with two attached hydrogens (primary N) is 1. The maximum absolute atomic E-state index is 6.18. The molecule has 0 aliphatic heterocycles. The lowest BCUT2D eigenvalue weighted by Gasteiger charge is -2.18. The van der Waals surface area contributed by atoms with E-state index in [9.17, 15) is 0 Å². The van der Waals surface area contributed by atoms with Gasteiger partial charge in [0.2, 0.25) is 0 Å². The fraction of sp³-hybridized carbons (Fsp3) is 0.727. The van der Waals surface area contributed by atoms with Crippen LogP contribution < -0.4 is 5.73 Å². The number of aryl methyl sites for hydroxylation is 2. The molecular formula is C11H20ClN3. The minimum atomic E-state index is 0.233. The van der Waals surface area contributed by atoms with Crippen LogP contribution in [0.15, 0.2) is 0 Å². The van der Waals surface area contributed by atoms with Crippen molar-refractivity contribution in [3.63, 3.8) is 0 Å². The molecule has 1 aromatic rings. The van der Waals surface area contributed by atoms with Gasteiger partial charge < -0.3 is 5.73 Å². The fourth-order valence-corrected chi connectivity index (χ4v) is 2.00. The van der Waals surface area contributed by atoms with Crippen molar-refractivity contribution in [1.82, 2.24) is 9.78 Å². The van der Waals surface area contributed by atoms with Crippen molar-refractivity contribution >= 4 is 11.6 Å². The molecule has 86 valence electrons. The van der Waals surface area contributed by atoms with E-state index in [1.165, 1.54) is 0 Å². The van der Waals surface area contributed by atoms with Crippen LogP contribution in [0, 0.1) is 12.8 Å². The molecule has 0 spiro atoms. The van der Waals surface area contributed by atoms with E-state index in [-0.39, 0.29) is 6.04 Å². The number of hydrogen-bond donors (Lipinski definition) is 1. The molecular weight excluding hydrogens is 210 g/mol. The van der Waals surface area contributed by atoms with Crippen molar-refractivity contribution in [1.29, 1.82) is 0 Å². The maximum atomic E-state index is 6.18. The van der Waals surface area contributed by atoms with Gasteiger partial charge in [0, 0.05) is 13.1 Å². The molecule has 0 amide bonds. The molecule has 0 aromatic carbocycles. The number of aromatic nitrogens is 2. The van der Waals surface area contributed by atoms with Gasteiger partial charge in [0.25, 0.3) is 0 Å².